The first-order valence-corrected chi connectivity index (χ1v) is 11.3. The molecule has 1 heterocycles. The Labute approximate surface area is 190 Å². The van der Waals surface area contributed by atoms with Crippen molar-refractivity contribution in [1.82, 2.24) is 5.32 Å². The number of ether oxygens (including phenoxy) is 1. The van der Waals surface area contributed by atoms with E-state index in [1.165, 1.54) is 5.56 Å². The number of carbonyl (C=O) groups excluding carboxylic acids is 1. The molecule has 2 N–H and O–H groups in total. The van der Waals surface area contributed by atoms with Crippen LogP contribution in [0.4, 0.5) is 0 Å². The number of aromatic hydroxyl groups is 1. The van der Waals surface area contributed by atoms with Crippen LogP contribution in [-0.4, -0.2) is 30.8 Å². The van der Waals surface area contributed by atoms with Gasteiger partial charge in [-0.2, -0.15) is 0 Å². The number of rotatable bonds is 7. The zero-order valence-electron chi connectivity index (χ0n) is 18.6. The van der Waals surface area contributed by atoms with Crippen LogP contribution in [0.1, 0.15) is 47.4 Å². The molecule has 0 aromatic heterocycles. The van der Waals surface area contributed by atoms with Crippen LogP contribution >= 0.6 is 0 Å². The summed E-state index contributed by atoms with van der Waals surface area (Å²) >= 11 is 0. The highest BCUT2D eigenvalue weighted by molar-refractivity contribution is 5.78. The van der Waals surface area contributed by atoms with Gasteiger partial charge in [-0.1, -0.05) is 72.8 Å². The van der Waals surface area contributed by atoms with Crippen molar-refractivity contribution in [2.45, 2.75) is 37.5 Å². The van der Waals surface area contributed by atoms with E-state index in [2.05, 4.69) is 29.6 Å². The standard InChI is InChI=1S/C28H31NO3/c1-21-12-13-24(26(30)18-21)25(22-8-4-2-5-9-22)19-27(31)29-20-28(14-16-32-17-15-28)23-10-6-3-7-11-23/h2-13,18,25,30H,14-17,19-20H2,1H3,(H,29,31). The summed E-state index contributed by atoms with van der Waals surface area (Å²) in [5.74, 6) is 0.0108. The maximum atomic E-state index is 13.2. The Morgan fingerprint density at radius 1 is 1.00 bits per heavy atom. The van der Waals surface area contributed by atoms with Crippen LogP contribution in [-0.2, 0) is 14.9 Å². The Morgan fingerprint density at radius 2 is 1.66 bits per heavy atom. The first-order valence-electron chi connectivity index (χ1n) is 11.3. The molecule has 4 heteroatoms. The van der Waals surface area contributed by atoms with Crippen LogP contribution in [0.5, 0.6) is 5.75 Å². The van der Waals surface area contributed by atoms with E-state index in [0.717, 1.165) is 29.5 Å². The third-order valence-electron chi connectivity index (χ3n) is 6.61. The summed E-state index contributed by atoms with van der Waals surface area (Å²) in [6, 6.07) is 26.0. The largest absolute Gasteiger partial charge is 0.508 e. The van der Waals surface area contributed by atoms with E-state index in [9.17, 15) is 9.90 Å². The SMILES string of the molecule is Cc1ccc(C(CC(=O)NCC2(c3ccccc3)CCOCC2)c2ccccc2)c(O)c1. The lowest BCUT2D eigenvalue weighted by Gasteiger charge is -2.38. The van der Waals surface area contributed by atoms with Crippen molar-refractivity contribution >= 4 is 5.91 Å². The first-order chi connectivity index (χ1) is 15.6. The number of phenolic OH excluding ortho intramolecular Hbond substituents is 1. The maximum absolute atomic E-state index is 13.2. The average molecular weight is 430 g/mol. The van der Waals surface area contributed by atoms with Crippen molar-refractivity contribution in [2.75, 3.05) is 19.8 Å². The molecule has 1 fully saturated rings. The number of aryl methyl sites for hydroxylation is 1. The molecule has 32 heavy (non-hydrogen) atoms. The van der Waals surface area contributed by atoms with Crippen LogP contribution in [0.25, 0.3) is 0 Å². The van der Waals surface area contributed by atoms with Gasteiger partial charge in [0.05, 0.1) is 0 Å². The molecule has 1 aliphatic heterocycles. The van der Waals surface area contributed by atoms with E-state index in [4.69, 9.17) is 4.74 Å². The average Bonchev–Trinajstić information content (AvgIpc) is 2.83. The quantitative estimate of drug-likeness (QED) is 0.550. The van der Waals surface area contributed by atoms with Crippen LogP contribution in [0.3, 0.4) is 0 Å². The van der Waals surface area contributed by atoms with E-state index >= 15 is 0 Å². The van der Waals surface area contributed by atoms with Gasteiger partial charge >= 0.3 is 0 Å². The van der Waals surface area contributed by atoms with Gasteiger partial charge in [0.15, 0.2) is 0 Å². The Balaban J connectivity index is 1.53. The first kappa shape index (κ1) is 22.1. The minimum Gasteiger partial charge on any atom is -0.508 e. The zero-order chi connectivity index (χ0) is 22.4. The maximum Gasteiger partial charge on any atom is 0.220 e. The lowest BCUT2D eigenvalue weighted by atomic mass is 9.74. The number of hydrogen-bond acceptors (Lipinski definition) is 3. The van der Waals surface area contributed by atoms with Crippen LogP contribution < -0.4 is 5.32 Å². The Hall–Kier alpha value is -3.11. The van der Waals surface area contributed by atoms with Crippen molar-refractivity contribution < 1.29 is 14.6 Å². The second-order valence-corrected chi connectivity index (χ2v) is 8.77. The zero-order valence-corrected chi connectivity index (χ0v) is 18.6. The monoisotopic (exact) mass is 429 g/mol. The van der Waals surface area contributed by atoms with Gasteiger partial charge < -0.3 is 15.2 Å². The van der Waals surface area contributed by atoms with E-state index in [-0.39, 0.29) is 29.4 Å². The molecular weight excluding hydrogens is 398 g/mol. The molecule has 1 unspecified atom stereocenters. The Bertz CT molecular complexity index is 1030. The fourth-order valence-electron chi connectivity index (χ4n) is 4.69. The molecule has 0 radical (unpaired) electrons. The Morgan fingerprint density at radius 3 is 2.31 bits per heavy atom. The van der Waals surface area contributed by atoms with Gasteiger partial charge in [0, 0.05) is 43.1 Å². The van der Waals surface area contributed by atoms with Crippen LogP contribution in [0.15, 0.2) is 78.9 Å². The number of hydrogen-bond donors (Lipinski definition) is 2. The molecule has 1 amide bonds. The number of amides is 1. The fourth-order valence-corrected chi connectivity index (χ4v) is 4.69. The van der Waals surface area contributed by atoms with Crippen molar-refractivity contribution in [3.05, 3.63) is 101 Å². The third kappa shape index (κ3) is 5.03. The summed E-state index contributed by atoms with van der Waals surface area (Å²) in [7, 11) is 0. The summed E-state index contributed by atoms with van der Waals surface area (Å²) < 4.78 is 5.62. The minimum atomic E-state index is -0.209. The van der Waals surface area contributed by atoms with Crippen molar-refractivity contribution in [3.8, 4) is 5.75 Å². The van der Waals surface area contributed by atoms with Crippen molar-refractivity contribution in [2.24, 2.45) is 0 Å². The summed E-state index contributed by atoms with van der Waals surface area (Å²) in [5.41, 5.74) is 3.93. The van der Waals surface area contributed by atoms with Gasteiger partial charge in [0.1, 0.15) is 5.75 Å². The van der Waals surface area contributed by atoms with Gasteiger partial charge in [-0.25, -0.2) is 0 Å². The molecule has 1 atom stereocenters. The van der Waals surface area contributed by atoms with Gasteiger partial charge in [0.2, 0.25) is 5.91 Å². The van der Waals surface area contributed by atoms with E-state index in [1.54, 1.807) is 6.07 Å². The minimum absolute atomic E-state index is 0.0133. The smallest absolute Gasteiger partial charge is 0.220 e. The van der Waals surface area contributed by atoms with Crippen LogP contribution in [0.2, 0.25) is 0 Å². The van der Waals surface area contributed by atoms with Gasteiger partial charge in [-0.15, -0.1) is 0 Å². The van der Waals surface area contributed by atoms with Gasteiger partial charge in [-0.3, -0.25) is 4.79 Å². The molecule has 0 saturated carbocycles. The molecule has 4 nitrogen and oxygen atoms in total. The molecule has 0 bridgehead atoms. The molecule has 166 valence electrons. The normalized spacial score (nSPS) is 16.3. The van der Waals surface area contributed by atoms with Crippen molar-refractivity contribution in [1.29, 1.82) is 0 Å². The number of nitrogens with one attached hydrogen (secondary N) is 1. The lowest BCUT2D eigenvalue weighted by molar-refractivity contribution is -0.121. The summed E-state index contributed by atoms with van der Waals surface area (Å²) in [4.78, 5) is 13.2. The molecule has 1 saturated heterocycles. The molecule has 4 rings (SSSR count). The highest BCUT2D eigenvalue weighted by Gasteiger charge is 2.35. The molecule has 0 spiro atoms. The predicted molar refractivity (Wildman–Crippen MR) is 127 cm³/mol. The van der Waals surface area contributed by atoms with Gasteiger partial charge in [0.25, 0.3) is 0 Å². The topological polar surface area (TPSA) is 58.6 Å². The van der Waals surface area contributed by atoms with Gasteiger partial charge in [-0.05, 0) is 42.5 Å². The summed E-state index contributed by atoms with van der Waals surface area (Å²) in [6.45, 7) is 3.94. The second kappa shape index (κ2) is 10.0. The summed E-state index contributed by atoms with van der Waals surface area (Å²) in [5, 5.41) is 13.8. The number of phenols is 1. The molecular formula is C28H31NO3. The van der Waals surface area contributed by atoms with E-state index in [0.29, 0.717) is 19.8 Å². The third-order valence-corrected chi connectivity index (χ3v) is 6.61. The lowest BCUT2D eigenvalue weighted by Crippen LogP contribution is -2.44. The fraction of sp³-hybridized carbons (Fsp3) is 0.321. The number of carbonyl (C=O) groups is 1. The number of benzene rings is 3. The highest BCUT2D eigenvalue weighted by Crippen LogP contribution is 2.36. The molecule has 3 aromatic carbocycles. The highest BCUT2D eigenvalue weighted by atomic mass is 16.5. The Kier molecular flexibility index (Phi) is 6.91. The molecule has 0 aliphatic carbocycles. The summed E-state index contributed by atoms with van der Waals surface area (Å²) in [6.07, 6.45) is 2.05. The van der Waals surface area contributed by atoms with Crippen LogP contribution in [0, 0.1) is 6.92 Å². The molecule has 1 aliphatic rings. The van der Waals surface area contributed by atoms with Crippen molar-refractivity contribution in [3.63, 3.8) is 0 Å². The second-order valence-electron chi connectivity index (χ2n) is 8.77. The molecule has 3 aromatic rings. The van der Waals surface area contributed by atoms with E-state index < -0.39 is 0 Å². The predicted octanol–water partition coefficient (Wildman–Crippen LogP) is 5.09. The van der Waals surface area contributed by atoms with E-state index in [1.807, 2.05) is 55.5 Å².